The van der Waals surface area contributed by atoms with Gasteiger partial charge in [0.05, 0.1) is 0 Å². The van der Waals surface area contributed by atoms with E-state index in [1.165, 1.54) is 0 Å². The topological polar surface area (TPSA) is 143 Å². The van der Waals surface area contributed by atoms with Gasteiger partial charge in [-0.3, -0.25) is 16.5 Å². The molecule has 0 saturated carbocycles. The summed E-state index contributed by atoms with van der Waals surface area (Å²) < 4.78 is 25.4. The zero-order valence-electron chi connectivity index (χ0n) is 4.97. The van der Waals surface area contributed by atoms with Crippen LogP contribution in [0.3, 0.4) is 0 Å². The predicted molar refractivity (Wildman–Crippen MR) is 20.5 cm³/mol. The van der Waals surface area contributed by atoms with Crippen LogP contribution in [0, 0.1) is 49.4 Å². The molecule has 0 unspecified atom stereocenters. The summed E-state index contributed by atoms with van der Waals surface area (Å²) in [4.78, 5) is 8.48. The molecule has 0 rings (SSSR count). The second-order valence-corrected chi connectivity index (χ2v) is 0.959. The fourth-order valence-corrected chi connectivity index (χ4v) is 0. The molecule has 0 amide bonds. The summed E-state index contributed by atoms with van der Waals surface area (Å²) >= 11 is -0.1000. The monoisotopic (exact) mass is 395 g/mol. The van der Waals surface area contributed by atoms with Crippen molar-refractivity contribution in [2.45, 2.75) is 0 Å². The van der Waals surface area contributed by atoms with E-state index in [0.29, 0.717) is 0 Å². The fraction of sp³-hybridized carbons (Fsp3) is 0. The molecular formula is BEuO7PSr-4. The van der Waals surface area contributed by atoms with Crippen molar-refractivity contribution >= 4 is 58.6 Å². The van der Waals surface area contributed by atoms with Crippen molar-refractivity contribution in [1.29, 1.82) is 0 Å². The molecule has 0 saturated heterocycles. The normalized spacial score (nSPS) is 5.27. The van der Waals surface area contributed by atoms with Crippen LogP contribution in [0.15, 0.2) is 0 Å². The van der Waals surface area contributed by atoms with Crippen LogP contribution in [0.5, 0.6) is 0 Å². The molecule has 0 aliphatic carbocycles. The Morgan fingerprint density at radius 1 is 1.09 bits per heavy atom. The van der Waals surface area contributed by atoms with Crippen LogP contribution in [0.1, 0.15) is 0 Å². The van der Waals surface area contributed by atoms with Gasteiger partial charge >= 0.3 is 43.9 Å². The minimum atomic E-state index is -3.37. The van der Waals surface area contributed by atoms with Gasteiger partial charge in [-0.1, -0.05) is 0 Å². The number of hydrogen-bond donors (Lipinski definition) is 0. The Morgan fingerprint density at radius 2 is 1.09 bits per heavy atom. The molecular weight excluding hydrogens is 393 g/mol. The quantitative estimate of drug-likeness (QED) is 0.296. The molecule has 11 heavy (non-hydrogen) atoms. The van der Waals surface area contributed by atoms with Crippen molar-refractivity contribution in [3.05, 3.63) is 0 Å². The molecule has 7 nitrogen and oxygen atoms in total. The van der Waals surface area contributed by atoms with Gasteiger partial charge in [0.25, 0.3) is 0 Å². The molecule has 0 aromatic carbocycles. The average Bonchev–Trinajstić information content (AvgIpc) is 1.66. The first-order valence-corrected chi connectivity index (χ1v) is 4.06. The molecule has 0 atom stereocenters. The van der Waals surface area contributed by atoms with E-state index < -0.39 is 15.2 Å². The van der Waals surface area contributed by atoms with Crippen LogP contribution in [0.4, 0.5) is 0 Å². The van der Waals surface area contributed by atoms with Gasteiger partial charge in [0, 0.05) is 49.4 Å². The standard InChI is InChI=1S/BO3.Eu.HO3P.O.Sr/c2-1(3)4;;1-4(2)3;;/h;;(H,1,2,3);;/q-3;;;;/p-1. The van der Waals surface area contributed by atoms with Crippen LogP contribution in [-0.4, -0.2) is 50.7 Å². The van der Waals surface area contributed by atoms with Crippen LogP contribution < -0.4 is 20.0 Å². The molecule has 0 fully saturated rings. The third-order valence-electron chi connectivity index (χ3n) is 0. The van der Waals surface area contributed by atoms with Crippen molar-refractivity contribution in [2.75, 3.05) is 0 Å². The Morgan fingerprint density at radius 3 is 1.09 bits per heavy atom. The summed E-state index contributed by atoms with van der Waals surface area (Å²) in [5.74, 6) is 0. The predicted octanol–water partition coefficient (Wildman–Crippen LogP) is -5.01. The van der Waals surface area contributed by atoms with Crippen LogP contribution in [-0.2, 0) is 9.60 Å². The van der Waals surface area contributed by atoms with E-state index in [4.69, 9.17) is 29.6 Å². The van der Waals surface area contributed by atoms with Gasteiger partial charge in [-0.25, -0.2) is 0 Å². The van der Waals surface area contributed by atoms with E-state index in [9.17, 15) is 0 Å². The maximum absolute atomic E-state index is 8.48. The Balaban J connectivity index is -0.0000000339. The van der Waals surface area contributed by atoms with Crippen molar-refractivity contribution in [2.24, 2.45) is 0 Å². The molecule has 0 aliphatic heterocycles. The zero-order valence-corrected chi connectivity index (χ0v) is 11.8. The number of hydrogen-bond acceptors (Lipinski definition) is 7. The van der Waals surface area contributed by atoms with E-state index in [2.05, 4.69) is 0 Å². The Kier molecular flexibility index (Phi) is 49.0. The van der Waals surface area contributed by atoms with E-state index in [0.717, 1.165) is 0 Å². The first kappa shape index (κ1) is 23.5. The second-order valence-electron chi connectivity index (χ2n) is 0.512. The van der Waals surface area contributed by atoms with Crippen molar-refractivity contribution in [1.82, 2.24) is 0 Å². The first-order chi connectivity index (χ1) is 4.46. The molecule has 0 aliphatic rings. The van der Waals surface area contributed by atoms with E-state index in [1.54, 1.807) is 0 Å². The van der Waals surface area contributed by atoms with Crippen molar-refractivity contribution < 1.29 is 78.9 Å². The SMILES string of the molecule is O=P(=O)[O-].[Eu].[O-]B([O-])[O-].[O]=[Sr]. The molecule has 0 aromatic rings. The zero-order chi connectivity index (χ0) is 9.15. The maximum atomic E-state index is 8.48. The molecule has 0 aromatic heterocycles. The molecule has 63 valence electrons. The van der Waals surface area contributed by atoms with Gasteiger partial charge in [0.15, 0.2) is 0 Å². The van der Waals surface area contributed by atoms with Gasteiger partial charge in [-0.2, -0.15) is 0 Å². The van der Waals surface area contributed by atoms with Crippen molar-refractivity contribution in [3.8, 4) is 0 Å². The van der Waals surface area contributed by atoms with Crippen LogP contribution in [0.2, 0.25) is 0 Å². The van der Waals surface area contributed by atoms with Gasteiger partial charge in [0.1, 0.15) is 0 Å². The third kappa shape index (κ3) is 202. The third-order valence-corrected chi connectivity index (χ3v) is 0. The van der Waals surface area contributed by atoms with E-state index in [-0.39, 0.29) is 92.8 Å². The van der Waals surface area contributed by atoms with Crippen LogP contribution >= 0.6 is 7.91 Å². The summed E-state index contributed by atoms with van der Waals surface area (Å²) in [6, 6.07) is 0. The van der Waals surface area contributed by atoms with Gasteiger partial charge < -0.3 is 20.0 Å². The minimum absolute atomic E-state index is 0. The van der Waals surface area contributed by atoms with Gasteiger partial charge in [-0.05, 0) is 0 Å². The summed E-state index contributed by atoms with van der Waals surface area (Å²) in [5.41, 5.74) is 0. The van der Waals surface area contributed by atoms with E-state index >= 15 is 0 Å². The molecule has 0 heterocycles. The molecule has 0 bridgehead atoms. The fourth-order valence-electron chi connectivity index (χ4n) is 0. The van der Waals surface area contributed by atoms with E-state index in [1.807, 2.05) is 0 Å². The molecule has 0 spiro atoms. The average molecular weight is 393 g/mol. The second kappa shape index (κ2) is 23.0. The Bertz CT molecular complexity index is 102. The Hall–Kier alpha value is 2.67. The Labute approximate surface area is 134 Å². The van der Waals surface area contributed by atoms with Crippen molar-refractivity contribution in [3.63, 3.8) is 0 Å². The van der Waals surface area contributed by atoms with Gasteiger partial charge in [0.2, 0.25) is 7.91 Å². The molecule has 0 N–H and O–H groups in total. The summed E-state index contributed by atoms with van der Waals surface area (Å²) in [6.45, 7) is 0. The molecule has 1 radical (unpaired) electrons. The first-order valence-electron chi connectivity index (χ1n) is 1.54. The molecule has 11 heteroatoms. The van der Waals surface area contributed by atoms with Gasteiger partial charge in [-0.15, -0.1) is 0 Å². The summed E-state index contributed by atoms with van der Waals surface area (Å²) in [5, 5.41) is 25.2. The summed E-state index contributed by atoms with van der Waals surface area (Å²) in [7, 11) is -6.29. The number of rotatable bonds is 0. The summed E-state index contributed by atoms with van der Waals surface area (Å²) in [6.07, 6.45) is 0. The van der Waals surface area contributed by atoms with Crippen LogP contribution in [0.25, 0.3) is 0 Å².